The smallest absolute Gasteiger partial charge is 0.190 e. The van der Waals surface area contributed by atoms with Crippen LogP contribution in [-0.4, -0.2) is 48.4 Å². The van der Waals surface area contributed by atoms with Crippen LogP contribution in [0.1, 0.15) is 20.8 Å². The lowest BCUT2D eigenvalue weighted by molar-refractivity contribution is -0.209. The molecule has 2 saturated heterocycles. The summed E-state index contributed by atoms with van der Waals surface area (Å²) in [6, 6.07) is 0. The lowest BCUT2D eigenvalue weighted by atomic mass is 10.1. The Bertz CT molecular complexity index is 341. The fourth-order valence-corrected chi connectivity index (χ4v) is 2.14. The summed E-state index contributed by atoms with van der Waals surface area (Å²) < 4.78 is 22.6. The van der Waals surface area contributed by atoms with Crippen LogP contribution in [0.4, 0.5) is 0 Å². The van der Waals surface area contributed by atoms with Crippen molar-refractivity contribution >= 4 is 6.21 Å². The Morgan fingerprint density at radius 3 is 2.83 bits per heavy atom. The summed E-state index contributed by atoms with van der Waals surface area (Å²) in [6.45, 7) is 6.02. The van der Waals surface area contributed by atoms with Gasteiger partial charge in [0, 0.05) is 0 Å². The molecule has 2 aliphatic rings. The van der Waals surface area contributed by atoms with Crippen molar-refractivity contribution in [3.8, 4) is 0 Å². The van der Waals surface area contributed by atoms with Crippen molar-refractivity contribution in [2.75, 3.05) is 6.61 Å². The molecule has 102 valence electrons. The maximum Gasteiger partial charge on any atom is 0.190 e. The first-order valence-corrected chi connectivity index (χ1v) is 5.99. The van der Waals surface area contributed by atoms with Crippen LogP contribution in [0.15, 0.2) is 17.3 Å². The van der Waals surface area contributed by atoms with Gasteiger partial charge in [-0.25, -0.2) is 0 Å². The average molecular weight is 257 g/mol. The fourth-order valence-electron chi connectivity index (χ4n) is 2.14. The van der Waals surface area contributed by atoms with Gasteiger partial charge in [-0.15, -0.1) is 0 Å². The largest absolute Gasteiger partial charge is 0.411 e. The molecule has 2 rings (SSSR count). The normalized spacial score (nSPS) is 38.8. The third-order valence-corrected chi connectivity index (χ3v) is 2.86. The number of nitrogens with zero attached hydrogens (tertiary/aromatic N) is 1. The summed E-state index contributed by atoms with van der Waals surface area (Å²) in [4.78, 5) is 0. The Balaban J connectivity index is 2.05. The predicted molar refractivity (Wildman–Crippen MR) is 63.5 cm³/mol. The van der Waals surface area contributed by atoms with Gasteiger partial charge in [-0.1, -0.05) is 17.3 Å². The Kier molecular flexibility index (Phi) is 4.01. The highest BCUT2D eigenvalue weighted by atomic mass is 16.8. The minimum Gasteiger partial charge on any atom is -0.411 e. The molecule has 2 aliphatic heterocycles. The van der Waals surface area contributed by atoms with Gasteiger partial charge in [-0.3, -0.25) is 0 Å². The molecular weight excluding hydrogens is 238 g/mol. The van der Waals surface area contributed by atoms with Gasteiger partial charge in [0.1, 0.15) is 18.3 Å². The molecule has 0 radical (unpaired) electrons. The summed E-state index contributed by atoms with van der Waals surface area (Å²) in [6.07, 6.45) is 3.47. The third-order valence-electron chi connectivity index (χ3n) is 2.86. The minimum absolute atomic E-state index is 0.312. The van der Waals surface area contributed by atoms with Gasteiger partial charge < -0.3 is 24.2 Å². The molecule has 0 amide bonds. The topological polar surface area (TPSA) is 69.5 Å². The summed E-state index contributed by atoms with van der Waals surface area (Å²) in [5.41, 5.74) is 0. The number of fused-ring (bicyclic) bond motifs is 1. The van der Waals surface area contributed by atoms with E-state index in [0.29, 0.717) is 6.61 Å². The summed E-state index contributed by atoms with van der Waals surface area (Å²) in [5.74, 6) is -0.682. The van der Waals surface area contributed by atoms with Gasteiger partial charge >= 0.3 is 0 Å². The van der Waals surface area contributed by atoms with Crippen molar-refractivity contribution in [2.45, 2.75) is 51.2 Å². The molecule has 0 aromatic rings. The quantitative estimate of drug-likeness (QED) is 0.355. The first-order valence-electron chi connectivity index (χ1n) is 5.99. The number of allylic oxidation sites excluding steroid dienone is 1. The Hall–Kier alpha value is -0.950. The van der Waals surface area contributed by atoms with Crippen molar-refractivity contribution in [3.05, 3.63) is 12.2 Å². The van der Waals surface area contributed by atoms with E-state index >= 15 is 0 Å². The van der Waals surface area contributed by atoms with Crippen molar-refractivity contribution in [1.29, 1.82) is 0 Å². The van der Waals surface area contributed by atoms with Crippen molar-refractivity contribution in [1.82, 2.24) is 0 Å². The van der Waals surface area contributed by atoms with Gasteiger partial charge in [0.15, 0.2) is 12.1 Å². The van der Waals surface area contributed by atoms with Gasteiger partial charge in [-0.05, 0) is 20.8 Å². The minimum atomic E-state index is -0.682. The van der Waals surface area contributed by atoms with Crippen LogP contribution in [0.2, 0.25) is 0 Å². The third kappa shape index (κ3) is 2.72. The van der Waals surface area contributed by atoms with E-state index in [-0.39, 0.29) is 12.2 Å². The van der Waals surface area contributed by atoms with E-state index in [1.807, 2.05) is 32.9 Å². The second kappa shape index (κ2) is 5.36. The molecule has 0 bridgehead atoms. The van der Waals surface area contributed by atoms with Gasteiger partial charge in [0.05, 0.1) is 12.8 Å². The fraction of sp³-hybridized carbons (Fsp3) is 0.750. The Morgan fingerprint density at radius 2 is 2.17 bits per heavy atom. The molecule has 0 aromatic heterocycles. The van der Waals surface area contributed by atoms with Crippen molar-refractivity contribution < 1.29 is 24.2 Å². The molecule has 0 saturated carbocycles. The molecule has 6 nitrogen and oxygen atoms in total. The van der Waals surface area contributed by atoms with Crippen molar-refractivity contribution in [2.24, 2.45) is 5.16 Å². The van der Waals surface area contributed by atoms with Crippen molar-refractivity contribution in [3.63, 3.8) is 0 Å². The zero-order valence-electron chi connectivity index (χ0n) is 10.8. The van der Waals surface area contributed by atoms with Crippen LogP contribution in [0.25, 0.3) is 0 Å². The first kappa shape index (κ1) is 13.5. The van der Waals surface area contributed by atoms with Gasteiger partial charge in [0.2, 0.25) is 0 Å². The first-order chi connectivity index (χ1) is 8.57. The molecule has 2 fully saturated rings. The second-order valence-corrected chi connectivity index (χ2v) is 4.70. The van der Waals surface area contributed by atoms with Crippen LogP contribution in [0.3, 0.4) is 0 Å². The Labute approximate surface area is 106 Å². The number of rotatable bonds is 4. The highest BCUT2D eigenvalue weighted by Crippen LogP contribution is 2.38. The van der Waals surface area contributed by atoms with Crippen LogP contribution in [0.5, 0.6) is 0 Å². The highest BCUT2D eigenvalue weighted by molar-refractivity contribution is 5.64. The zero-order valence-corrected chi connectivity index (χ0v) is 10.8. The lowest BCUT2D eigenvalue weighted by Gasteiger charge is -2.23. The van der Waals surface area contributed by atoms with E-state index in [2.05, 4.69) is 5.16 Å². The SMILES string of the molecule is CC=CCO[C@H]1[C@H]2OC(C)(C)O[C@H]2O[C@@H]1/C=N/O. The monoisotopic (exact) mass is 257 g/mol. The maximum atomic E-state index is 8.62. The summed E-state index contributed by atoms with van der Waals surface area (Å²) in [5, 5.41) is 11.6. The molecule has 1 N–H and O–H groups in total. The number of ether oxygens (including phenoxy) is 4. The van der Waals surface area contributed by atoms with E-state index in [9.17, 15) is 0 Å². The van der Waals surface area contributed by atoms with Crippen LogP contribution >= 0.6 is 0 Å². The van der Waals surface area contributed by atoms with E-state index in [1.165, 1.54) is 6.21 Å². The number of hydrogen-bond acceptors (Lipinski definition) is 6. The standard InChI is InChI=1S/C12H19NO5/c1-4-5-6-15-9-8(7-13-14)16-11-10(9)17-12(2,3)18-11/h4-5,7-11,14H,6H2,1-3H3/b5-4?,13-7+/t8-,9-,10-,11-/m1/s1. The van der Waals surface area contributed by atoms with Crippen LogP contribution < -0.4 is 0 Å². The molecule has 0 aromatic carbocycles. The second-order valence-electron chi connectivity index (χ2n) is 4.70. The molecule has 18 heavy (non-hydrogen) atoms. The highest BCUT2D eigenvalue weighted by Gasteiger charge is 2.55. The summed E-state index contributed by atoms with van der Waals surface area (Å²) in [7, 11) is 0. The van der Waals surface area contributed by atoms with E-state index in [0.717, 1.165) is 0 Å². The molecule has 0 unspecified atom stereocenters. The lowest BCUT2D eigenvalue weighted by Crippen LogP contribution is -2.37. The van der Waals surface area contributed by atoms with Crippen LogP contribution in [-0.2, 0) is 18.9 Å². The Morgan fingerprint density at radius 1 is 1.39 bits per heavy atom. The zero-order chi connectivity index (χ0) is 13.2. The number of hydrogen-bond donors (Lipinski definition) is 1. The predicted octanol–water partition coefficient (Wildman–Crippen LogP) is 1.28. The molecule has 2 heterocycles. The van der Waals surface area contributed by atoms with Gasteiger partial charge in [-0.2, -0.15) is 0 Å². The molecular formula is C12H19NO5. The van der Waals surface area contributed by atoms with Gasteiger partial charge in [0.25, 0.3) is 0 Å². The number of oxime groups is 1. The molecule has 6 heteroatoms. The maximum absolute atomic E-state index is 8.62. The molecule has 0 aliphatic carbocycles. The average Bonchev–Trinajstić information content (AvgIpc) is 2.73. The molecule has 4 atom stereocenters. The molecule has 0 spiro atoms. The van der Waals surface area contributed by atoms with Crippen LogP contribution in [0, 0.1) is 0 Å². The van der Waals surface area contributed by atoms with E-state index in [4.69, 9.17) is 24.2 Å². The van der Waals surface area contributed by atoms with E-state index < -0.39 is 18.2 Å². The van der Waals surface area contributed by atoms with E-state index in [1.54, 1.807) is 0 Å². The summed E-state index contributed by atoms with van der Waals surface area (Å²) >= 11 is 0.